The number of oxazole rings is 1. The number of hydrogen-bond acceptors (Lipinski definition) is 4. The van der Waals surface area contributed by atoms with Gasteiger partial charge in [-0.15, -0.1) is 0 Å². The zero-order chi connectivity index (χ0) is 17.9. The summed E-state index contributed by atoms with van der Waals surface area (Å²) < 4.78 is 5.32. The van der Waals surface area contributed by atoms with Gasteiger partial charge in [0.05, 0.1) is 6.20 Å². The Morgan fingerprint density at radius 2 is 1.80 bits per heavy atom. The van der Waals surface area contributed by atoms with E-state index in [-0.39, 0.29) is 11.5 Å². The minimum atomic E-state index is 0.0838. The summed E-state index contributed by atoms with van der Waals surface area (Å²) in [4.78, 5) is 8.56. The second-order valence-electron chi connectivity index (χ2n) is 7.39. The molecule has 1 unspecified atom stereocenters. The van der Waals surface area contributed by atoms with Crippen LogP contribution in [0.4, 0.5) is 0 Å². The monoisotopic (exact) mass is 335 g/mol. The molecule has 4 nitrogen and oxygen atoms in total. The molecule has 0 fully saturated rings. The fraction of sp³-hybridized carbons (Fsp3) is 0.333. The Kier molecular flexibility index (Phi) is 5.00. The zero-order valence-corrected chi connectivity index (χ0v) is 15.3. The highest BCUT2D eigenvalue weighted by Crippen LogP contribution is 2.22. The first kappa shape index (κ1) is 17.4. The molecule has 0 amide bonds. The van der Waals surface area contributed by atoms with Crippen molar-refractivity contribution in [2.45, 2.75) is 45.7 Å². The lowest BCUT2D eigenvalue weighted by atomic mass is 9.91. The van der Waals surface area contributed by atoms with E-state index in [4.69, 9.17) is 4.42 Å². The highest BCUT2D eigenvalue weighted by atomic mass is 16.3. The number of hydrogen-bond donors (Lipinski definition) is 1. The summed E-state index contributed by atoms with van der Waals surface area (Å²) in [6, 6.07) is 12.9. The average molecular weight is 335 g/mol. The van der Waals surface area contributed by atoms with Gasteiger partial charge in [-0.1, -0.05) is 51.1 Å². The quantitative estimate of drug-likeness (QED) is 0.721. The van der Waals surface area contributed by atoms with Gasteiger partial charge >= 0.3 is 0 Å². The van der Waals surface area contributed by atoms with E-state index in [0.29, 0.717) is 0 Å². The fourth-order valence-electron chi connectivity index (χ4n) is 2.64. The minimum Gasteiger partial charge on any atom is -0.444 e. The number of rotatable bonds is 5. The second kappa shape index (κ2) is 7.19. The van der Waals surface area contributed by atoms with E-state index in [1.807, 2.05) is 6.20 Å². The third-order valence-corrected chi connectivity index (χ3v) is 4.34. The lowest BCUT2D eigenvalue weighted by Gasteiger charge is -2.19. The molecule has 1 aromatic carbocycles. The van der Waals surface area contributed by atoms with Crippen LogP contribution in [0.1, 0.15) is 50.6 Å². The molecule has 0 saturated heterocycles. The largest absolute Gasteiger partial charge is 0.444 e. The maximum atomic E-state index is 5.32. The van der Waals surface area contributed by atoms with Crippen LogP contribution in [0.15, 0.2) is 59.6 Å². The van der Waals surface area contributed by atoms with Gasteiger partial charge in [0.1, 0.15) is 0 Å². The molecule has 0 aliphatic carbocycles. The van der Waals surface area contributed by atoms with Gasteiger partial charge < -0.3 is 9.73 Å². The normalized spacial score (nSPS) is 13.0. The number of nitrogens with zero attached hydrogens (tertiary/aromatic N) is 2. The van der Waals surface area contributed by atoms with Crippen molar-refractivity contribution in [3.05, 3.63) is 72.0 Å². The third-order valence-electron chi connectivity index (χ3n) is 4.34. The van der Waals surface area contributed by atoms with Crippen LogP contribution in [-0.2, 0) is 12.0 Å². The van der Waals surface area contributed by atoms with Gasteiger partial charge in [0.15, 0.2) is 12.2 Å². The van der Waals surface area contributed by atoms with Crippen LogP contribution in [0, 0.1) is 0 Å². The van der Waals surface area contributed by atoms with Crippen molar-refractivity contribution in [2.24, 2.45) is 0 Å². The first-order chi connectivity index (χ1) is 11.9. The molecule has 130 valence electrons. The Bertz CT molecular complexity index is 785. The molecule has 3 rings (SSSR count). The Morgan fingerprint density at radius 3 is 2.36 bits per heavy atom. The Morgan fingerprint density at radius 1 is 1.04 bits per heavy atom. The fourth-order valence-corrected chi connectivity index (χ4v) is 2.64. The van der Waals surface area contributed by atoms with Crippen molar-refractivity contribution in [2.75, 3.05) is 0 Å². The van der Waals surface area contributed by atoms with Gasteiger partial charge in [0, 0.05) is 35.5 Å². The zero-order valence-electron chi connectivity index (χ0n) is 15.3. The Hall–Kier alpha value is -2.46. The topological polar surface area (TPSA) is 51.0 Å². The van der Waals surface area contributed by atoms with Crippen LogP contribution in [0.2, 0.25) is 0 Å². The number of nitrogens with one attached hydrogen (secondary N) is 1. The summed E-state index contributed by atoms with van der Waals surface area (Å²) in [5, 5.41) is 3.55. The summed E-state index contributed by atoms with van der Waals surface area (Å²) in [5.74, 6) is 0.790. The van der Waals surface area contributed by atoms with Gasteiger partial charge in [0.2, 0.25) is 0 Å². The van der Waals surface area contributed by atoms with Crippen molar-refractivity contribution < 1.29 is 4.42 Å². The molecule has 2 heterocycles. The molecule has 0 aliphatic rings. The van der Waals surface area contributed by atoms with Crippen molar-refractivity contribution >= 4 is 0 Å². The minimum absolute atomic E-state index is 0.0838. The number of benzene rings is 1. The van der Waals surface area contributed by atoms with E-state index in [9.17, 15) is 0 Å². The number of pyridine rings is 1. The van der Waals surface area contributed by atoms with Gasteiger partial charge in [-0.3, -0.25) is 4.98 Å². The van der Waals surface area contributed by atoms with Crippen LogP contribution < -0.4 is 5.32 Å². The Balaban J connectivity index is 1.59. The summed E-state index contributed by atoms with van der Waals surface area (Å²) in [6.07, 6.45) is 5.15. The molecule has 3 aromatic rings. The predicted octanol–water partition coefficient (Wildman–Crippen LogP) is 4.88. The molecule has 0 spiro atoms. The molecular formula is C21H25N3O. The lowest BCUT2D eigenvalue weighted by molar-refractivity contribution is 0.555. The summed E-state index contributed by atoms with van der Waals surface area (Å²) in [6.45, 7) is 9.51. The van der Waals surface area contributed by atoms with Crippen molar-refractivity contribution in [3.63, 3.8) is 0 Å². The average Bonchev–Trinajstić information content (AvgIpc) is 3.14. The van der Waals surface area contributed by atoms with E-state index in [1.165, 1.54) is 17.5 Å². The molecule has 2 aromatic heterocycles. The predicted molar refractivity (Wildman–Crippen MR) is 100 cm³/mol. The molecule has 0 bridgehead atoms. The van der Waals surface area contributed by atoms with Gasteiger partial charge in [0.25, 0.3) is 0 Å². The first-order valence-corrected chi connectivity index (χ1v) is 8.61. The molecule has 1 atom stereocenters. The van der Waals surface area contributed by atoms with Crippen LogP contribution in [0.25, 0.3) is 11.3 Å². The summed E-state index contributed by atoms with van der Waals surface area (Å²) in [5.41, 5.74) is 4.67. The summed E-state index contributed by atoms with van der Waals surface area (Å²) in [7, 11) is 0. The van der Waals surface area contributed by atoms with Gasteiger partial charge in [-0.05, 0) is 24.1 Å². The molecule has 0 saturated carbocycles. The molecule has 0 aliphatic heterocycles. The molecule has 25 heavy (non-hydrogen) atoms. The first-order valence-electron chi connectivity index (χ1n) is 8.61. The third kappa shape index (κ3) is 4.34. The van der Waals surface area contributed by atoms with Gasteiger partial charge in [-0.25, -0.2) is 4.98 Å². The maximum absolute atomic E-state index is 5.32. The van der Waals surface area contributed by atoms with Crippen molar-refractivity contribution in [3.8, 4) is 11.3 Å². The van der Waals surface area contributed by atoms with Crippen molar-refractivity contribution in [1.82, 2.24) is 15.3 Å². The Labute approximate surface area is 149 Å². The standard InChI is InChI=1S/C21H25N3O/c1-15(18-9-10-20(24-12-18)21(2,3)4)23-11-16-5-7-17(8-6-16)19-13-22-14-25-19/h5-10,12-15,23H,11H2,1-4H3. The van der Waals surface area contributed by atoms with Crippen LogP contribution in [-0.4, -0.2) is 9.97 Å². The van der Waals surface area contributed by atoms with E-state index >= 15 is 0 Å². The van der Waals surface area contributed by atoms with E-state index in [2.05, 4.69) is 79.4 Å². The number of aromatic nitrogens is 2. The highest BCUT2D eigenvalue weighted by Gasteiger charge is 2.15. The molecular weight excluding hydrogens is 310 g/mol. The van der Waals surface area contributed by atoms with Crippen LogP contribution in [0.5, 0.6) is 0 Å². The maximum Gasteiger partial charge on any atom is 0.181 e. The highest BCUT2D eigenvalue weighted by molar-refractivity contribution is 5.56. The van der Waals surface area contributed by atoms with Gasteiger partial charge in [-0.2, -0.15) is 0 Å². The van der Waals surface area contributed by atoms with Crippen molar-refractivity contribution in [1.29, 1.82) is 0 Å². The van der Waals surface area contributed by atoms with Crippen LogP contribution >= 0.6 is 0 Å². The smallest absolute Gasteiger partial charge is 0.181 e. The molecule has 0 radical (unpaired) electrons. The van der Waals surface area contributed by atoms with E-state index in [0.717, 1.165) is 23.6 Å². The summed E-state index contributed by atoms with van der Waals surface area (Å²) >= 11 is 0. The molecule has 4 heteroatoms. The lowest BCUT2D eigenvalue weighted by Crippen LogP contribution is -2.19. The molecule has 1 N–H and O–H groups in total. The van der Waals surface area contributed by atoms with E-state index in [1.54, 1.807) is 6.20 Å². The SMILES string of the molecule is CC(NCc1ccc(-c2cnco2)cc1)c1ccc(C(C)(C)C)nc1. The second-order valence-corrected chi connectivity index (χ2v) is 7.39. The van der Waals surface area contributed by atoms with Crippen LogP contribution in [0.3, 0.4) is 0 Å². The van der Waals surface area contributed by atoms with E-state index < -0.39 is 0 Å².